The number of likely N-dealkylation sites (tertiary alicyclic amines) is 1. The van der Waals surface area contributed by atoms with Gasteiger partial charge in [-0.15, -0.1) is 0 Å². The van der Waals surface area contributed by atoms with Gasteiger partial charge in [-0.3, -0.25) is 4.79 Å². The van der Waals surface area contributed by atoms with Crippen LogP contribution in [-0.2, 0) is 9.53 Å². The van der Waals surface area contributed by atoms with Gasteiger partial charge in [0.2, 0.25) is 5.91 Å². The van der Waals surface area contributed by atoms with E-state index in [9.17, 15) is 4.79 Å². The summed E-state index contributed by atoms with van der Waals surface area (Å²) in [6.07, 6.45) is 6.45. The van der Waals surface area contributed by atoms with Gasteiger partial charge in [0.25, 0.3) is 0 Å². The molecule has 2 saturated heterocycles. The normalized spacial score (nSPS) is 30.7. The highest BCUT2D eigenvalue weighted by molar-refractivity contribution is 5.76. The lowest BCUT2D eigenvalue weighted by Crippen LogP contribution is -2.50. The molecule has 1 N–H and O–H groups in total. The molecule has 3 atom stereocenters. The molecule has 0 radical (unpaired) electrons. The topological polar surface area (TPSA) is 41.6 Å². The summed E-state index contributed by atoms with van der Waals surface area (Å²) >= 11 is 0. The first-order valence-corrected chi connectivity index (χ1v) is 8.33. The summed E-state index contributed by atoms with van der Waals surface area (Å²) in [6, 6.07) is 0.581. The Bertz CT molecular complexity index is 303. The minimum atomic E-state index is 0.321. The molecule has 116 valence electrons. The van der Waals surface area contributed by atoms with E-state index in [0.29, 0.717) is 30.4 Å². The van der Waals surface area contributed by atoms with Crippen molar-refractivity contribution >= 4 is 5.91 Å². The van der Waals surface area contributed by atoms with Crippen molar-refractivity contribution in [1.82, 2.24) is 10.2 Å². The van der Waals surface area contributed by atoms with Gasteiger partial charge in [0, 0.05) is 32.2 Å². The highest BCUT2D eigenvalue weighted by Crippen LogP contribution is 2.20. The molecule has 0 aromatic heterocycles. The Hall–Kier alpha value is -0.610. The predicted octanol–water partition coefficient (Wildman–Crippen LogP) is 2.18. The Labute approximate surface area is 123 Å². The van der Waals surface area contributed by atoms with Crippen molar-refractivity contribution in [3.8, 4) is 0 Å². The molecule has 2 fully saturated rings. The third kappa shape index (κ3) is 4.45. The van der Waals surface area contributed by atoms with Crippen LogP contribution in [0.4, 0.5) is 0 Å². The van der Waals surface area contributed by atoms with E-state index in [2.05, 4.69) is 24.1 Å². The number of nitrogens with zero attached hydrogens (tertiary/aromatic N) is 1. The summed E-state index contributed by atoms with van der Waals surface area (Å²) in [5.74, 6) is 0.878. The molecular formula is C16H30N2O2. The van der Waals surface area contributed by atoms with Crippen molar-refractivity contribution in [2.45, 2.75) is 64.5 Å². The monoisotopic (exact) mass is 282 g/mol. The second kappa shape index (κ2) is 7.99. The number of ether oxygens (including phenoxy) is 1. The molecule has 0 saturated carbocycles. The quantitative estimate of drug-likeness (QED) is 0.812. The minimum Gasteiger partial charge on any atom is -0.378 e. The maximum atomic E-state index is 12.3. The Kier molecular flexibility index (Phi) is 6.30. The van der Waals surface area contributed by atoms with Crippen LogP contribution in [-0.4, -0.2) is 49.2 Å². The fourth-order valence-electron chi connectivity index (χ4n) is 3.32. The third-order valence-electron chi connectivity index (χ3n) is 4.62. The fourth-order valence-corrected chi connectivity index (χ4v) is 3.32. The van der Waals surface area contributed by atoms with E-state index in [4.69, 9.17) is 4.74 Å². The standard InChI is InChI=1S/C16H30N2O2/c1-3-9-17-15-8-10-18(12-13(15)2)16(19)7-6-14-5-4-11-20-14/h13-15,17H,3-12H2,1-2H3. The molecule has 3 unspecified atom stereocenters. The SMILES string of the molecule is CCCNC1CCN(C(=O)CCC2CCCO2)CC1C. The number of carbonyl (C=O) groups excluding carboxylic acids is 1. The second-order valence-corrected chi connectivity index (χ2v) is 6.34. The summed E-state index contributed by atoms with van der Waals surface area (Å²) in [6.45, 7) is 8.24. The molecule has 0 spiro atoms. The van der Waals surface area contributed by atoms with Crippen molar-refractivity contribution in [1.29, 1.82) is 0 Å². The van der Waals surface area contributed by atoms with E-state index in [0.717, 1.165) is 51.9 Å². The van der Waals surface area contributed by atoms with E-state index >= 15 is 0 Å². The molecule has 0 aromatic carbocycles. The molecule has 2 aliphatic heterocycles. The Balaban J connectivity index is 1.69. The lowest BCUT2D eigenvalue weighted by molar-refractivity contribution is -0.133. The molecule has 20 heavy (non-hydrogen) atoms. The lowest BCUT2D eigenvalue weighted by atomic mass is 9.93. The van der Waals surface area contributed by atoms with E-state index in [1.807, 2.05) is 0 Å². The van der Waals surface area contributed by atoms with Gasteiger partial charge in [0.1, 0.15) is 0 Å². The zero-order chi connectivity index (χ0) is 14.4. The van der Waals surface area contributed by atoms with Crippen LogP contribution in [0, 0.1) is 5.92 Å². The average Bonchev–Trinajstić information content (AvgIpc) is 2.96. The number of amides is 1. The Morgan fingerprint density at radius 2 is 2.25 bits per heavy atom. The molecule has 4 heteroatoms. The smallest absolute Gasteiger partial charge is 0.222 e. The third-order valence-corrected chi connectivity index (χ3v) is 4.62. The van der Waals surface area contributed by atoms with Crippen molar-refractivity contribution in [2.24, 2.45) is 5.92 Å². The molecule has 2 aliphatic rings. The fraction of sp³-hybridized carbons (Fsp3) is 0.938. The van der Waals surface area contributed by atoms with E-state index < -0.39 is 0 Å². The van der Waals surface area contributed by atoms with Crippen LogP contribution in [0.5, 0.6) is 0 Å². The zero-order valence-electron chi connectivity index (χ0n) is 13.1. The number of hydrogen-bond acceptors (Lipinski definition) is 3. The van der Waals surface area contributed by atoms with Crippen LogP contribution in [0.1, 0.15) is 52.4 Å². The largest absolute Gasteiger partial charge is 0.378 e. The van der Waals surface area contributed by atoms with Crippen molar-refractivity contribution in [3.05, 3.63) is 0 Å². The van der Waals surface area contributed by atoms with Gasteiger partial charge in [-0.25, -0.2) is 0 Å². The van der Waals surface area contributed by atoms with Gasteiger partial charge in [-0.1, -0.05) is 13.8 Å². The van der Waals surface area contributed by atoms with Gasteiger partial charge in [-0.05, 0) is 44.6 Å². The Morgan fingerprint density at radius 1 is 1.40 bits per heavy atom. The molecule has 2 heterocycles. The average molecular weight is 282 g/mol. The first kappa shape index (κ1) is 15.8. The van der Waals surface area contributed by atoms with Crippen LogP contribution in [0.15, 0.2) is 0 Å². The van der Waals surface area contributed by atoms with Gasteiger partial charge in [0.15, 0.2) is 0 Å². The van der Waals surface area contributed by atoms with Gasteiger partial charge in [-0.2, -0.15) is 0 Å². The molecule has 4 nitrogen and oxygen atoms in total. The van der Waals surface area contributed by atoms with E-state index in [1.54, 1.807) is 0 Å². The summed E-state index contributed by atoms with van der Waals surface area (Å²) in [4.78, 5) is 14.3. The minimum absolute atomic E-state index is 0.321. The van der Waals surface area contributed by atoms with Crippen molar-refractivity contribution < 1.29 is 9.53 Å². The van der Waals surface area contributed by atoms with E-state index in [1.165, 1.54) is 6.42 Å². The zero-order valence-corrected chi connectivity index (χ0v) is 13.1. The highest BCUT2D eigenvalue weighted by atomic mass is 16.5. The number of piperidine rings is 1. The maximum absolute atomic E-state index is 12.3. The van der Waals surface area contributed by atoms with Crippen LogP contribution in [0.3, 0.4) is 0 Å². The van der Waals surface area contributed by atoms with Crippen molar-refractivity contribution in [2.75, 3.05) is 26.2 Å². The van der Waals surface area contributed by atoms with E-state index in [-0.39, 0.29) is 0 Å². The second-order valence-electron chi connectivity index (χ2n) is 6.34. The number of carbonyl (C=O) groups is 1. The maximum Gasteiger partial charge on any atom is 0.222 e. The molecule has 0 aliphatic carbocycles. The van der Waals surface area contributed by atoms with Crippen molar-refractivity contribution in [3.63, 3.8) is 0 Å². The molecule has 2 rings (SSSR count). The lowest BCUT2D eigenvalue weighted by Gasteiger charge is -2.37. The molecular weight excluding hydrogens is 252 g/mol. The highest BCUT2D eigenvalue weighted by Gasteiger charge is 2.28. The summed E-state index contributed by atoms with van der Waals surface area (Å²) in [5.41, 5.74) is 0. The Morgan fingerprint density at radius 3 is 2.90 bits per heavy atom. The number of rotatable bonds is 6. The van der Waals surface area contributed by atoms with Crippen LogP contribution >= 0.6 is 0 Å². The first-order chi connectivity index (χ1) is 9.70. The van der Waals surface area contributed by atoms with Gasteiger partial charge < -0.3 is 15.0 Å². The van der Waals surface area contributed by atoms with Crippen LogP contribution in [0.25, 0.3) is 0 Å². The summed E-state index contributed by atoms with van der Waals surface area (Å²) < 4.78 is 5.59. The van der Waals surface area contributed by atoms with Crippen LogP contribution < -0.4 is 5.32 Å². The molecule has 0 bridgehead atoms. The first-order valence-electron chi connectivity index (χ1n) is 8.33. The van der Waals surface area contributed by atoms with Gasteiger partial charge in [0.05, 0.1) is 6.10 Å². The molecule has 0 aromatic rings. The predicted molar refractivity (Wildman–Crippen MR) is 80.7 cm³/mol. The number of hydrogen-bond donors (Lipinski definition) is 1. The summed E-state index contributed by atoms with van der Waals surface area (Å²) in [5, 5.41) is 3.60. The van der Waals surface area contributed by atoms with Crippen LogP contribution in [0.2, 0.25) is 0 Å². The summed E-state index contributed by atoms with van der Waals surface area (Å²) in [7, 11) is 0. The number of nitrogens with one attached hydrogen (secondary N) is 1. The van der Waals surface area contributed by atoms with Gasteiger partial charge >= 0.3 is 0 Å². The molecule has 1 amide bonds.